The van der Waals surface area contributed by atoms with E-state index < -0.39 is 5.41 Å². The third-order valence-electron chi connectivity index (χ3n) is 9.09. The van der Waals surface area contributed by atoms with E-state index in [0.29, 0.717) is 26.4 Å². The van der Waals surface area contributed by atoms with Gasteiger partial charge in [-0.15, -0.1) is 0 Å². The highest BCUT2D eigenvalue weighted by atomic mass is 16.5. The summed E-state index contributed by atoms with van der Waals surface area (Å²) < 4.78 is 11.7. The van der Waals surface area contributed by atoms with Crippen molar-refractivity contribution in [2.45, 2.75) is 194 Å². The van der Waals surface area contributed by atoms with Crippen LogP contribution in [0.25, 0.3) is 0 Å². The number of allylic oxidation sites excluding steroid dienone is 4. The summed E-state index contributed by atoms with van der Waals surface area (Å²) in [5.41, 5.74) is -0.689. The van der Waals surface area contributed by atoms with E-state index in [1.807, 2.05) is 0 Å². The third-order valence-corrected chi connectivity index (χ3v) is 9.09. The second kappa shape index (κ2) is 37.8. The van der Waals surface area contributed by atoms with E-state index in [0.717, 1.165) is 12.8 Å². The number of hydrogen-bond acceptors (Lipinski definition) is 4. The summed E-state index contributed by atoms with van der Waals surface area (Å²) >= 11 is 0. The van der Waals surface area contributed by atoms with Crippen LogP contribution in [0.5, 0.6) is 0 Å². The average Bonchev–Trinajstić information content (AvgIpc) is 3.06. The van der Waals surface area contributed by atoms with Gasteiger partial charge in [0, 0.05) is 13.2 Å². The highest BCUT2D eigenvalue weighted by molar-refractivity contribution is 4.82. The molecule has 4 heteroatoms. The summed E-state index contributed by atoms with van der Waals surface area (Å²) in [7, 11) is 0. The van der Waals surface area contributed by atoms with Gasteiger partial charge in [0.05, 0.1) is 31.8 Å². The molecule has 0 rings (SSSR count). The summed E-state index contributed by atoms with van der Waals surface area (Å²) in [5.74, 6) is 0. The number of aliphatic hydroxyl groups excluding tert-OH is 2. The molecule has 2 N–H and O–H groups in total. The molecule has 0 saturated carbocycles. The lowest BCUT2D eigenvalue weighted by Crippen LogP contribution is -2.40. The van der Waals surface area contributed by atoms with E-state index in [2.05, 4.69) is 38.2 Å². The molecule has 0 aromatic carbocycles. The van der Waals surface area contributed by atoms with Crippen LogP contribution in [0.4, 0.5) is 0 Å². The summed E-state index contributed by atoms with van der Waals surface area (Å²) in [4.78, 5) is 0. The SMILES string of the molecule is CCCCCCCC/C=C\CCCCCCCCOCC(CO)(CO)COCCCCCCCC/C=C\CCCCCCCC. The quantitative estimate of drug-likeness (QED) is 0.0523. The largest absolute Gasteiger partial charge is 0.396 e. The molecule has 0 aliphatic rings. The minimum atomic E-state index is -0.689. The molecular formula is C41H80O4. The molecule has 0 aliphatic heterocycles. The number of aliphatic hydroxyl groups is 2. The molecule has 0 unspecified atom stereocenters. The minimum absolute atomic E-state index is 0.107. The van der Waals surface area contributed by atoms with Gasteiger partial charge in [-0.1, -0.05) is 154 Å². The molecule has 0 amide bonds. The van der Waals surface area contributed by atoms with Gasteiger partial charge in [0.2, 0.25) is 0 Å². The standard InChI is InChI=1S/C41H80O4/c1-3-5-7-9-11-13-15-17-19-21-23-25-27-29-31-33-35-44-39-41(37-42,38-43)40-45-36-34-32-30-28-26-24-22-20-18-16-14-12-10-8-6-4-2/h17-20,42-43H,3-16,21-40H2,1-2H3/b19-17-,20-18-. The van der Waals surface area contributed by atoms with Crippen LogP contribution in [0.3, 0.4) is 0 Å². The molecule has 268 valence electrons. The van der Waals surface area contributed by atoms with E-state index in [4.69, 9.17) is 9.47 Å². The molecule has 0 saturated heterocycles. The zero-order chi connectivity index (χ0) is 32.8. The van der Waals surface area contributed by atoms with Gasteiger partial charge < -0.3 is 19.7 Å². The van der Waals surface area contributed by atoms with Crippen LogP contribution in [-0.4, -0.2) is 49.9 Å². The maximum absolute atomic E-state index is 9.93. The van der Waals surface area contributed by atoms with Crippen LogP contribution in [0, 0.1) is 5.41 Å². The second-order valence-corrected chi connectivity index (χ2v) is 13.8. The topological polar surface area (TPSA) is 58.9 Å². The Balaban J connectivity index is 3.55. The summed E-state index contributed by atoms with van der Waals surface area (Å²) in [5, 5.41) is 19.9. The zero-order valence-corrected chi connectivity index (χ0v) is 30.6. The van der Waals surface area contributed by atoms with Crippen LogP contribution < -0.4 is 0 Å². The number of rotatable bonds is 38. The minimum Gasteiger partial charge on any atom is -0.396 e. The molecule has 0 radical (unpaired) electrons. The molecule has 0 aromatic rings. The molecule has 45 heavy (non-hydrogen) atoms. The fourth-order valence-electron chi connectivity index (χ4n) is 5.75. The van der Waals surface area contributed by atoms with Crippen molar-refractivity contribution in [2.24, 2.45) is 5.41 Å². The molecule has 0 bridgehead atoms. The average molecular weight is 637 g/mol. The molecule has 0 heterocycles. The predicted octanol–water partition coefficient (Wildman–Crippen LogP) is 12.1. The van der Waals surface area contributed by atoms with Crippen molar-refractivity contribution in [3.63, 3.8) is 0 Å². The molecule has 0 aliphatic carbocycles. The van der Waals surface area contributed by atoms with Crippen molar-refractivity contribution >= 4 is 0 Å². The first-order valence-corrected chi connectivity index (χ1v) is 19.9. The molecule has 0 atom stereocenters. The summed E-state index contributed by atoms with van der Waals surface area (Å²) in [6.07, 6.45) is 45.9. The first-order chi connectivity index (χ1) is 22.2. The van der Waals surface area contributed by atoms with Crippen LogP contribution >= 0.6 is 0 Å². The Hall–Kier alpha value is -0.680. The molecule has 0 fully saturated rings. The van der Waals surface area contributed by atoms with Gasteiger partial charge in [0.15, 0.2) is 0 Å². The first-order valence-electron chi connectivity index (χ1n) is 19.9. The molecule has 0 spiro atoms. The smallest absolute Gasteiger partial charge is 0.0632 e. The summed E-state index contributed by atoms with van der Waals surface area (Å²) in [6.45, 7) is 6.44. The fraction of sp³-hybridized carbons (Fsp3) is 0.902. The first kappa shape index (κ1) is 44.3. The van der Waals surface area contributed by atoms with Crippen LogP contribution in [-0.2, 0) is 9.47 Å². The Kier molecular flexibility index (Phi) is 37.2. The van der Waals surface area contributed by atoms with Crippen molar-refractivity contribution in [3.8, 4) is 0 Å². The van der Waals surface area contributed by atoms with Gasteiger partial charge in [-0.25, -0.2) is 0 Å². The van der Waals surface area contributed by atoms with Crippen molar-refractivity contribution in [2.75, 3.05) is 39.6 Å². The zero-order valence-electron chi connectivity index (χ0n) is 30.6. The van der Waals surface area contributed by atoms with E-state index >= 15 is 0 Å². The van der Waals surface area contributed by atoms with Crippen molar-refractivity contribution < 1.29 is 19.7 Å². The lowest BCUT2D eigenvalue weighted by molar-refractivity contribution is -0.0776. The van der Waals surface area contributed by atoms with Crippen molar-refractivity contribution in [1.29, 1.82) is 0 Å². The Morgan fingerprint density at radius 1 is 0.378 bits per heavy atom. The van der Waals surface area contributed by atoms with E-state index in [1.54, 1.807) is 0 Å². The van der Waals surface area contributed by atoms with Crippen LogP contribution in [0.2, 0.25) is 0 Å². The maximum Gasteiger partial charge on any atom is 0.0632 e. The highest BCUT2D eigenvalue weighted by Crippen LogP contribution is 2.18. The van der Waals surface area contributed by atoms with Gasteiger partial charge >= 0.3 is 0 Å². The number of ether oxygens (including phenoxy) is 2. The highest BCUT2D eigenvalue weighted by Gasteiger charge is 2.29. The number of unbranched alkanes of at least 4 members (excludes halogenated alkanes) is 24. The van der Waals surface area contributed by atoms with E-state index in [9.17, 15) is 10.2 Å². The third kappa shape index (κ3) is 33.0. The van der Waals surface area contributed by atoms with E-state index in [-0.39, 0.29) is 13.2 Å². The van der Waals surface area contributed by atoms with Crippen LogP contribution in [0.1, 0.15) is 194 Å². The van der Waals surface area contributed by atoms with Gasteiger partial charge in [0.25, 0.3) is 0 Å². The lowest BCUT2D eigenvalue weighted by Gasteiger charge is -2.29. The lowest BCUT2D eigenvalue weighted by atomic mass is 9.92. The molecule has 0 aromatic heterocycles. The van der Waals surface area contributed by atoms with Gasteiger partial charge in [-0.3, -0.25) is 0 Å². The Labute approximate surface area is 282 Å². The van der Waals surface area contributed by atoms with Gasteiger partial charge in [-0.2, -0.15) is 0 Å². The predicted molar refractivity (Wildman–Crippen MR) is 197 cm³/mol. The Morgan fingerprint density at radius 3 is 0.933 bits per heavy atom. The fourth-order valence-corrected chi connectivity index (χ4v) is 5.75. The van der Waals surface area contributed by atoms with Gasteiger partial charge in [0.1, 0.15) is 0 Å². The molecular weight excluding hydrogens is 556 g/mol. The van der Waals surface area contributed by atoms with Gasteiger partial charge in [-0.05, 0) is 64.2 Å². The van der Waals surface area contributed by atoms with Crippen molar-refractivity contribution in [1.82, 2.24) is 0 Å². The van der Waals surface area contributed by atoms with Crippen molar-refractivity contribution in [3.05, 3.63) is 24.3 Å². The van der Waals surface area contributed by atoms with E-state index in [1.165, 1.54) is 167 Å². The second-order valence-electron chi connectivity index (χ2n) is 13.8. The Bertz CT molecular complexity index is 550. The maximum atomic E-state index is 9.93. The Morgan fingerprint density at radius 2 is 0.644 bits per heavy atom. The normalized spacial score (nSPS) is 12.4. The van der Waals surface area contributed by atoms with Crippen LogP contribution in [0.15, 0.2) is 24.3 Å². The monoisotopic (exact) mass is 637 g/mol. The number of hydrogen-bond donors (Lipinski definition) is 2. The molecule has 4 nitrogen and oxygen atoms in total. The summed E-state index contributed by atoms with van der Waals surface area (Å²) in [6, 6.07) is 0.